The molecule has 0 aliphatic carbocycles. The second-order valence-electron chi connectivity index (χ2n) is 29.9. The van der Waals surface area contributed by atoms with Crippen LogP contribution in [0.2, 0.25) is 0 Å². The summed E-state index contributed by atoms with van der Waals surface area (Å²) in [5.74, 6) is 2.35. The van der Waals surface area contributed by atoms with E-state index in [4.69, 9.17) is 23.8 Å². The van der Waals surface area contributed by atoms with Crippen LogP contribution in [0.15, 0.2) is 376 Å². The van der Waals surface area contributed by atoms with Gasteiger partial charge >= 0.3 is 0 Å². The lowest BCUT2D eigenvalue weighted by molar-refractivity contribution is 0.409. The van der Waals surface area contributed by atoms with E-state index < -0.39 is 0 Å². The summed E-state index contributed by atoms with van der Waals surface area (Å²) in [5.41, 5.74) is 23.2. The molecule has 114 heavy (non-hydrogen) atoms. The fourth-order valence-electron chi connectivity index (χ4n) is 17.7. The Balaban J connectivity index is 0.524. The maximum atomic E-state index is 6.99. The Bertz CT molecular complexity index is 7820. The first-order valence-corrected chi connectivity index (χ1v) is 40.2. The highest BCUT2D eigenvalue weighted by Crippen LogP contribution is 2.46. The van der Waals surface area contributed by atoms with Gasteiger partial charge in [0.25, 0.3) is 0 Å². The molecule has 2 aliphatic heterocycles. The lowest BCUT2D eigenvalue weighted by Gasteiger charge is -2.32. The van der Waals surface area contributed by atoms with Crippen LogP contribution in [0.1, 0.15) is 51.9 Å². The number of thiophene rings is 2. The number of aromatic nitrogens is 2. The summed E-state index contributed by atoms with van der Waals surface area (Å²) >= 11 is 3.65. The number of hydrogen-bond acceptors (Lipinski definition) is 10. The Morgan fingerprint density at radius 1 is 0.272 bits per heavy atom. The first-order chi connectivity index (χ1) is 56.4. The number of fused-ring (bicyclic) bond motifs is 18. The quantitative estimate of drug-likeness (QED) is 0.120. The first-order valence-electron chi connectivity index (χ1n) is 38.6. The number of nitrogens with zero attached hydrogens (tertiary/aromatic N) is 5. The van der Waals surface area contributed by atoms with Gasteiger partial charge in [0.05, 0.1) is 27.8 Å². The van der Waals surface area contributed by atoms with Gasteiger partial charge in [0.2, 0.25) is 0 Å². The zero-order chi connectivity index (χ0) is 74.6. The summed E-state index contributed by atoms with van der Waals surface area (Å²) in [5, 5.41) is 25.5. The molecular weight excluding hydrogens is 1430 g/mol. The normalized spacial score (nSPS) is 15.4. The second-order valence-corrected chi connectivity index (χ2v) is 32.0. The van der Waals surface area contributed by atoms with Crippen LogP contribution in [0.3, 0.4) is 0 Å². The highest BCUT2D eigenvalue weighted by Gasteiger charge is 2.29. The summed E-state index contributed by atoms with van der Waals surface area (Å²) in [6.45, 7) is 0. The fraction of sp³-hybridized carbons (Fsp3) is 0.0294. The van der Waals surface area contributed by atoms with E-state index in [-0.39, 0.29) is 18.5 Å². The van der Waals surface area contributed by atoms with Crippen LogP contribution < -0.4 is 16.0 Å². The van der Waals surface area contributed by atoms with Gasteiger partial charge in [0.15, 0.2) is 11.4 Å². The largest absolute Gasteiger partial charge is 0.456 e. The zero-order valence-electron chi connectivity index (χ0n) is 61.1. The monoisotopic (exact) mass is 1500 g/mol. The predicted molar refractivity (Wildman–Crippen MR) is 475 cm³/mol. The van der Waals surface area contributed by atoms with Gasteiger partial charge in [0, 0.05) is 112 Å². The van der Waals surface area contributed by atoms with Gasteiger partial charge in [-0.15, -0.1) is 22.7 Å². The molecule has 16 aromatic carbocycles. The molecular formula is C102H64N8O2S2. The summed E-state index contributed by atoms with van der Waals surface area (Å²) in [6, 6.07) is 127. The van der Waals surface area contributed by atoms with Gasteiger partial charge < -0.3 is 28.6 Å². The number of hydrogen-bond donors (Lipinski definition) is 3. The molecule has 0 spiro atoms. The molecule has 0 saturated heterocycles. The molecule has 2 aliphatic rings. The third-order valence-corrected chi connectivity index (χ3v) is 25.5. The standard InChI is InChI=1S/C102H64N8O2S2/c1-4-18-59(19-5-1)97-103-98(60-20-6-2-7-21-60)106-101(105-97)69-36-44-78-77-43-35-67(55-93(77)114-94(78)56-69)65-40-49-90-83(53-65)80-29-17-33-88(96(80)112-90)110-86-32-15-12-28-74(86)81-51-63(38-47-87(81)110)62-24-16-25-68(50-62)100-104-99(61-22-8-3-9-23-61)107-102(108-100)70-37-45-79-76-42-34-66(54-92(76)113-95(79)57-70)64-39-48-89-82(52-64)75-46-41-71(58-91(75)111-89)109-84-30-13-10-26-72(84)73-27-11-14-31-85(73)109/h1-58,99,101-102,107H,(H,104,108)(H,103,105,106). The van der Waals surface area contributed by atoms with Crippen molar-refractivity contribution in [1.29, 1.82) is 0 Å². The van der Waals surface area contributed by atoms with Gasteiger partial charge in [-0.05, 0) is 153 Å². The lowest BCUT2D eigenvalue weighted by Crippen LogP contribution is -2.44. The molecule has 0 fully saturated rings. The molecule has 0 radical (unpaired) electrons. The van der Waals surface area contributed by atoms with Crippen LogP contribution in [0.25, 0.3) is 173 Å². The van der Waals surface area contributed by atoms with Crippen LogP contribution in [0.4, 0.5) is 0 Å². The Kier molecular flexibility index (Phi) is 14.5. The minimum absolute atomic E-state index is 0.206. The van der Waals surface area contributed by atoms with E-state index >= 15 is 0 Å². The maximum absolute atomic E-state index is 6.99. The number of rotatable bonds is 11. The summed E-state index contributed by atoms with van der Waals surface area (Å²) < 4.78 is 23.2. The number of furan rings is 2. The van der Waals surface area contributed by atoms with E-state index in [9.17, 15) is 0 Å². The molecule has 536 valence electrons. The molecule has 24 rings (SSSR count). The minimum atomic E-state index is -0.336. The average Bonchev–Trinajstić information content (AvgIpc) is 1.58. The van der Waals surface area contributed by atoms with Crippen molar-refractivity contribution in [2.75, 3.05) is 0 Å². The lowest BCUT2D eigenvalue weighted by atomic mass is 9.99. The van der Waals surface area contributed by atoms with Gasteiger partial charge in [-0.2, -0.15) is 0 Å². The molecule has 6 aromatic heterocycles. The number of benzene rings is 16. The molecule has 0 amide bonds. The summed E-state index contributed by atoms with van der Waals surface area (Å²) in [4.78, 5) is 15.7. The van der Waals surface area contributed by atoms with E-state index in [0.717, 1.165) is 145 Å². The molecule has 22 aromatic rings. The van der Waals surface area contributed by atoms with Crippen molar-refractivity contribution in [2.24, 2.45) is 15.0 Å². The Labute approximate surface area is 660 Å². The molecule has 12 heteroatoms. The topological polar surface area (TPSA) is 109 Å². The van der Waals surface area contributed by atoms with Crippen molar-refractivity contribution in [1.82, 2.24) is 25.1 Å². The van der Waals surface area contributed by atoms with Crippen LogP contribution in [0, 0.1) is 0 Å². The molecule has 0 bridgehead atoms. The van der Waals surface area contributed by atoms with Crippen molar-refractivity contribution in [3.8, 4) is 44.8 Å². The summed E-state index contributed by atoms with van der Waals surface area (Å²) in [6.07, 6.45) is -0.852. The maximum Gasteiger partial charge on any atom is 0.159 e. The number of aliphatic imine (C=N–C) groups is 3. The van der Waals surface area contributed by atoms with Crippen molar-refractivity contribution < 1.29 is 8.83 Å². The van der Waals surface area contributed by atoms with E-state index in [1.807, 2.05) is 59.1 Å². The van der Waals surface area contributed by atoms with E-state index in [0.29, 0.717) is 5.84 Å². The zero-order valence-corrected chi connectivity index (χ0v) is 62.7. The number of amidine groups is 3. The fourth-order valence-corrected chi connectivity index (χ4v) is 20.1. The predicted octanol–water partition coefficient (Wildman–Crippen LogP) is 26.2. The van der Waals surface area contributed by atoms with Gasteiger partial charge in [-0.1, -0.05) is 243 Å². The molecule has 3 atom stereocenters. The van der Waals surface area contributed by atoms with Crippen LogP contribution >= 0.6 is 22.7 Å². The highest BCUT2D eigenvalue weighted by atomic mass is 32.1. The van der Waals surface area contributed by atoms with Crippen LogP contribution in [0.5, 0.6) is 0 Å². The first kappa shape index (κ1) is 64.5. The molecule has 3 N–H and O–H groups in total. The Morgan fingerprint density at radius 2 is 0.754 bits per heavy atom. The highest BCUT2D eigenvalue weighted by molar-refractivity contribution is 7.26. The van der Waals surface area contributed by atoms with Gasteiger partial charge in [-0.25, -0.2) is 15.0 Å². The van der Waals surface area contributed by atoms with Crippen LogP contribution in [-0.4, -0.2) is 26.6 Å². The molecule has 0 saturated carbocycles. The van der Waals surface area contributed by atoms with E-state index in [1.54, 1.807) is 0 Å². The van der Waals surface area contributed by atoms with Gasteiger partial charge in [-0.3, -0.25) is 5.32 Å². The van der Waals surface area contributed by atoms with Crippen molar-refractivity contribution in [3.05, 3.63) is 385 Å². The second kappa shape index (κ2) is 25.7. The third kappa shape index (κ3) is 10.5. The SMILES string of the molecule is c1ccc(C2=NC(c3ccc4c(c3)sc3cc(-c5ccc6oc7c(-n8c9ccccc9c9cc(-c%10cccc(C%11=NC(c%12ccc%13c(c%12)sc%12cc(-c%14ccc%15oc%16cc(-n%17c%18ccccc%18c%18ccccc%18%17)ccc%16c%15c%14)ccc%12%13)NC(c%12ccccc%12)N%11)c%10)ccc98)cccc7c6c5)ccc34)NC(c3ccccc3)=N2)cc1. The van der Waals surface area contributed by atoms with E-state index in [1.165, 1.54) is 73.1 Å². The van der Waals surface area contributed by atoms with Crippen LogP contribution in [-0.2, 0) is 0 Å². The van der Waals surface area contributed by atoms with Crippen molar-refractivity contribution in [3.63, 3.8) is 0 Å². The van der Waals surface area contributed by atoms with E-state index in [2.05, 4.69) is 341 Å². The smallest absolute Gasteiger partial charge is 0.159 e. The van der Waals surface area contributed by atoms with Crippen molar-refractivity contribution in [2.45, 2.75) is 18.5 Å². The van der Waals surface area contributed by atoms with Crippen molar-refractivity contribution >= 4 is 168 Å². The average molecular weight is 1500 g/mol. The molecule has 8 heterocycles. The van der Waals surface area contributed by atoms with Gasteiger partial charge in [0.1, 0.15) is 46.9 Å². The summed E-state index contributed by atoms with van der Waals surface area (Å²) in [7, 11) is 0. The number of para-hydroxylation sites is 4. The third-order valence-electron chi connectivity index (χ3n) is 23.3. The molecule has 10 nitrogen and oxygen atoms in total. The molecule has 3 unspecified atom stereocenters. The minimum Gasteiger partial charge on any atom is -0.456 e. The number of nitrogens with one attached hydrogen (secondary N) is 3. The Hall–Kier alpha value is -14.3. The Morgan fingerprint density at radius 3 is 1.43 bits per heavy atom.